The van der Waals surface area contributed by atoms with Crippen molar-refractivity contribution in [2.45, 2.75) is 39.3 Å². The average Bonchev–Trinajstić information content (AvgIpc) is 3.18. The number of hydrogen-bond donors (Lipinski definition) is 1. The molecule has 2 heterocycles. The zero-order valence-corrected chi connectivity index (χ0v) is 21.8. The first-order valence-electron chi connectivity index (χ1n) is 12.6. The summed E-state index contributed by atoms with van der Waals surface area (Å²) in [6.07, 6.45) is 0. The maximum atomic E-state index is 13.2. The van der Waals surface area contributed by atoms with E-state index >= 15 is 0 Å². The molecular formula is C32H30N2O3. The number of anilines is 3. The van der Waals surface area contributed by atoms with Crippen LogP contribution < -0.4 is 15.0 Å². The van der Waals surface area contributed by atoms with Gasteiger partial charge in [-0.2, -0.15) is 0 Å². The van der Waals surface area contributed by atoms with Crippen LogP contribution in [-0.2, 0) is 10.3 Å². The number of carbonyl (C=O) groups excluding carboxylic acids is 1. The molecule has 6 rings (SSSR count). The summed E-state index contributed by atoms with van der Waals surface area (Å²) in [5, 5.41) is 3.55. The van der Waals surface area contributed by atoms with Gasteiger partial charge in [0.1, 0.15) is 11.5 Å². The third kappa shape index (κ3) is 3.57. The van der Waals surface area contributed by atoms with Crippen molar-refractivity contribution in [1.82, 2.24) is 0 Å². The van der Waals surface area contributed by atoms with Gasteiger partial charge in [-0.1, -0.05) is 35.9 Å². The quantitative estimate of drug-likeness (QED) is 0.301. The van der Waals surface area contributed by atoms with Crippen LogP contribution in [0.4, 0.5) is 17.1 Å². The third-order valence-electron chi connectivity index (χ3n) is 7.54. The Kier molecular flexibility index (Phi) is 5.27. The molecule has 186 valence electrons. The minimum absolute atomic E-state index is 0.326. The van der Waals surface area contributed by atoms with Crippen LogP contribution in [-0.4, -0.2) is 19.1 Å². The number of nitrogens with one attached hydrogen (secondary N) is 1. The number of hydrogen-bond acceptors (Lipinski definition) is 5. The Balaban J connectivity index is 1.54. The molecule has 1 N–H and O–H groups in total. The molecule has 37 heavy (non-hydrogen) atoms. The van der Waals surface area contributed by atoms with E-state index in [-0.39, 0.29) is 5.97 Å². The number of esters is 1. The van der Waals surface area contributed by atoms with Crippen molar-refractivity contribution >= 4 is 23.0 Å². The molecule has 0 saturated heterocycles. The normalized spacial score (nSPS) is 17.1. The summed E-state index contributed by atoms with van der Waals surface area (Å²) in [6, 6.07) is 26.5. The Hall–Kier alpha value is -4.25. The predicted molar refractivity (Wildman–Crippen MR) is 147 cm³/mol. The van der Waals surface area contributed by atoms with E-state index in [0.717, 1.165) is 39.3 Å². The molecule has 5 nitrogen and oxygen atoms in total. The second-order valence-electron chi connectivity index (χ2n) is 10.3. The lowest BCUT2D eigenvalue weighted by atomic mass is 9.77. The van der Waals surface area contributed by atoms with Crippen molar-refractivity contribution in [3.8, 4) is 11.5 Å². The Morgan fingerprint density at radius 2 is 1.65 bits per heavy atom. The van der Waals surface area contributed by atoms with Crippen LogP contribution >= 0.6 is 0 Å². The van der Waals surface area contributed by atoms with Crippen molar-refractivity contribution in [3.05, 3.63) is 112 Å². The molecule has 4 aromatic carbocycles. The minimum Gasteiger partial charge on any atom is -0.456 e. The van der Waals surface area contributed by atoms with E-state index < -0.39 is 5.60 Å². The highest BCUT2D eigenvalue weighted by Gasteiger charge is 2.53. The van der Waals surface area contributed by atoms with Gasteiger partial charge in [-0.15, -0.1) is 0 Å². The molecule has 2 aliphatic heterocycles. The first kappa shape index (κ1) is 23.2. The molecule has 5 heteroatoms. The van der Waals surface area contributed by atoms with Gasteiger partial charge in [0.05, 0.1) is 5.56 Å². The highest BCUT2D eigenvalue weighted by molar-refractivity contribution is 5.97. The second-order valence-corrected chi connectivity index (χ2v) is 10.3. The third-order valence-corrected chi connectivity index (χ3v) is 7.54. The van der Waals surface area contributed by atoms with Crippen molar-refractivity contribution in [2.75, 3.05) is 17.3 Å². The maximum absolute atomic E-state index is 13.2. The fourth-order valence-corrected chi connectivity index (χ4v) is 5.37. The van der Waals surface area contributed by atoms with E-state index in [2.05, 4.69) is 69.2 Å². The monoisotopic (exact) mass is 490 g/mol. The molecule has 1 unspecified atom stereocenters. The molecule has 1 spiro atoms. The van der Waals surface area contributed by atoms with E-state index in [1.807, 2.05) is 54.6 Å². The predicted octanol–water partition coefficient (Wildman–Crippen LogP) is 7.46. The average molecular weight is 491 g/mol. The Morgan fingerprint density at radius 1 is 0.838 bits per heavy atom. The molecule has 0 saturated carbocycles. The molecule has 2 aliphatic rings. The number of rotatable bonds is 4. The molecule has 0 bridgehead atoms. The molecule has 1 atom stereocenters. The van der Waals surface area contributed by atoms with Gasteiger partial charge < -0.3 is 19.7 Å². The summed E-state index contributed by atoms with van der Waals surface area (Å²) >= 11 is 0. The van der Waals surface area contributed by atoms with Crippen LogP contribution in [0.3, 0.4) is 0 Å². The fourth-order valence-electron chi connectivity index (χ4n) is 5.37. The molecule has 0 aromatic heterocycles. The van der Waals surface area contributed by atoms with Gasteiger partial charge in [0, 0.05) is 52.9 Å². The van der Waals surface area contributed by atoms with Gasteiger partial charge in [0.15, 0.2) is 5.60 Å². The number of aryl methyl sites for hydroxylation is 2. The fraction of sp³-hybridized carbons (Fsp3) is 0.219. The minimum atomic E-state index is -1.09. The molecule has 0 aliphatic carbocycles. The Bertz CT molecular complexity index is 1560. The van der Waals surface area contributed by atoms with Gasteiger partial charge in [-0.05, 0) is 75.7 Å². The first-order chi connectivity index (χ1) is 17.8. The number of benzene rings is 4. The zero-order valence-electron chi connectivity index (χ0n) is 21.8. The standard InChI is InChI=1S/C32H30N2O3/c1-19(2)34(5)23-12-13-26-30(18-23)36-29-15-11-22(33-28-14-10-20(3)16-21(28)4)17-27(29)32(26)25-9-7-6-8-24(25)31(35)37-32/h6-19,33H,1-5H3. The maximum Gasteiger partial charge on any atom is 0.340 e. The van der Waals surface area contributed by atoms with E-state index in [1.54, 1.807) is 0 Å². The Labute approximate surface area is 217 Å². The van der Waals surface area contributed by atoms with E-state index in [9.17, 15) is 4.79 Å². The first-order valence-corrected chi connectivity index (χ1v) is 12.6. The van der Waals surface area contributed by atoms with Gasteiger partial charge in [0.25, 0.3) is 0 Å². The molecular weight excluding hydrogens is 460 g/mol. The van der Waals surface area contributed by atoms with E-state index in [0.29, 0.717) is 23.1 Å². The summed E-state index contributed by atoms with van der Waals surface area (Å²) in [7, 11) is 2.06. The summed E-state index contributed by atoms with van der Waals surface area (Å²) in [5.41, 5.74) is 7.29. The number of carbonyl (C=O) groups is 1. The van der Waals surface area contributed by atoms with Crippen LogP contribution in [0, 0.1) is 13.8 Å². The smallest absolute Gasteiger partial charge is 0.340 e. The van der Waals surface area contributed by atoms with Gasteiger partial charge in [-0.3, -0.25) is 0 Å². The molecule has 0 amide bonds. The summed E-state index contributed by atoms with van der Waals surface area (Å²) in [5.74, 6) is 1.04. The van der Waals surface area contributed by atoms with Gasteiger partial charge in [-0.25, -0.2) is 4.79 Å². The second kappa shape index (κ2) is 8.41. The van der Waals surface area contributed by atoms with Gasteiger partial charge >= 0.3 is 5.97 Å². The van der Waals surface area contributed by atoms with Crippen LogP contribution in [0.1, 0.15) is 52.0 Å². The van der Waals surface area contributed by atoms with Crippen LogP contribution in [0.5, 0.6) is 11.5 Å². The molecule has 0 fully saturated rings. The van der Waals surface area contributed by atoms with Crippen LogP contribution in [0.15, 0.2) is 78.9 Å². The van der Waals surface area contributed by atoms with Crippen molar-refractivity contribution in [3.63, 3.8) is 0 Å². The number of ether oxygens (including phenoxy) is 2. The summed E-state index contributed by atoms with van der Waals surface area (Å²) < 4.78 is 12.8. The molecule has 4 aromatic rings. The number of fused-ring (bicyclic) bond motifs is 6. The van der Waals surface area contributed by atoms with Crippen LogP contribution in [0.2, 0.25) is 0 Å². The lowest BCUT2D eigenvalue weighted by molar-refractivity contribution is 0.0224. The molecule has 0 radical (unpaired) electrons. The summed E-state index contributed by atoms with van der Waals surface area (Å²) in [4.78, 5) is 15.4. The van der Waals surface area contributed by atoms with Crippen molar-refractivity contribution in [2.24, 2.45) is 0 Å². The number of nitrogens with zero attached hydrogens (tertiary/aromatic N) is 1. The van der Waals surface area contributed by atoms with E-state index in [4.69, 9.17) is 9.47 Å². The topological polar surface area (TPSA) is 50.8 Å². The van der Waals surface area contributed by atoms with E-state index in [1.165, 1.54) is 5.56 Å². The van der Waals surface area contributed by atoms with Gasteiger partial charge in [0.2, 0.25) is 0 Å². The largest absolute Gasteiger partial charge is 0.456 e. The lowest BCUT2D eigenvalue weighted by Crippen LogP contribution is -2.33. The Morgan fingerprint density at radius 3 is 2.43 bits per heavy atom. The summed E-state index contributed by atoms with van der Waals surface area (Å²) in [6.45, 7) is 8.48. The highest BCUT2D eigenvalue weighted by atomic mass is 16.6. The van der Waals surface area contributed by atoms with Crippen LogP contribution in [0.25, 0.3) is 0 Å². The zero-order chi connectivity index (χ0) is 25.9. The SMILES string of the molecule is Cc1ccc(Nc2ccc3c(c2)C2(OC(=O)c4ccccc42)c2ccc(N(C)C(C)C)cc2O3)c(C)c1. The highest BCUT2D eigenvalue weighted by Crippen LogP contribution is 2.57. The van der Waals surface area contributed by atoms with Crippen molar-refractivity contribution in [1.29, 1.82) is 0 Å². The van der Waals surface area contributed by atoms with Crippen molar-refractivity contribution < 1.29 is 14.3 Å². The lowest BCUT2D eigenvalue weighted by Gasteiger charge is -2.37.